The molecule has 3 aliphatic rings. The Hall–Kier alpha value is -0.920. The van der Waals surface area contributed by atoms with Crippen molar-refractivity contribution in [3.63, 3.8) is 0 Å². The highest BCUT2D eigenvalue weighted by Gasteiger charge is 2.38. The first-order valence-electron chi connectivity index (χ1n) is 11.1. The SMILES string of the molecule is CCCCC1CCC2CC(C3CCc4cc(F)c(F)cc4C3)CCC2C1. The average molecular weight is 361 g/mol. The maximum atomic E-state index is 13.6. The Morgan fingerprint density at radius 3 is 2.23 bits per heavy atom. The predicted octanol–water partition coefficient (Wildman–Crippen LogP) is 7.09. The van der Waals surface area contributed by atoms with Gasteiger partial charge in [0.05, 0.1) is 0 Å². The van der Waals surface area contributed by atoms with E-state index >= 15 is 0 Å². The summed E-state index contributed by atoms with van der Waals surface area (Å²) in [7, 11) is 0. The Bertz CT molecular complexity index is 623. The number of benzene rings is 1. The van der Waals surface area contributed by atoms with Gasteiger partial charge in [0, 0.05) is 0 Å². The summed E-state index contributed by atoms with van der Waals surface area (Å²) < 4.78 is 27.1. The van der Waals surface area contributed by atoms with Crippen LogP contribution in [-0.2, 0) is 12.8 Å². The number of hydrogen-bond acceptors (Lipinski definition) is 0. The Kier molecular flexibility index (Phi) is 5.66. The van der Waals surface area contributed by atoms with E-state index in [1.165, 1.54) is 76.3 Å². The number of halogens is 2. The van der Waals surface area contributed by atoms with E-state index in [2.05, 4.69) is 6.92 Å². The van der Waals surface area contributed by atoms with E-state index in [4.69, 9.17) is 0 Å². The highest BCUT2D eigenvalue weighted by molar-refractivity contribution is 5.31. The van der Waals surface area contributed by atoms with Gasteiger partial charge in [-0.2, -0.15) is 0 Å². The van der Waals surface area contributed by atoms with E-state index < -0.39 is 11.6 Å². The first-order valence-corrected chi connectivity index (χ1v) is 11.1. The topological polar surface area (TPSA) is 0 Å². The van der Waals surface area contributed by atoms with Crippen molar-refractivity contribution < 1.29 is 8.78 Å². The predicted molar refractivity (Wildman–Crippen MR) is 103 cm³/mol. The molecule has 2 saturated carbocycles. The van der Waals surface area contributed by atoms with Crippen LogP contribution in [0, 0.1) is 41.2 Å². The number of rotatable bonds is 4. The molecule has 4 rings (SSSR count). The normalized spacial score (nSPS) is 34.2. The second kappa shape index (κ2) is 7.98. The third kappa shape index (κ3) is 3.85. The molecular formula is C24H34F2. The second-order valence-electron chi connectivity index (χ2n) is 9.45. The van der Waals surface area contributed by atoms with E-state index in [1.54, 1.807) is 0 Å². The molecule has 0 bridgehead atoms. The number of aryl methyl sites for hydroxylation is 1. The first-order chi connectivity index (χ1) is 12.6. The fourth-order valence-corrected chi connectivity index (χ4v) is 6.39. The second-order valence-corrected chi connectivity index (χ2v) is 9.45. The molecule has 1 aromatic carbocycles. The monoisotopic (exact) mass is 360 g/mol. The van der Waals surface area contributed by atoms with Crippen molar-refractivity contribution in [2.45, 2.75) is 84.0 Å². The molecule has 0 radical (unpaired) electrons. The van der Waals surface area contributed by atoms with Crippen LogP contribution in [0.5, 0.6) is 0 Å². The molecule has 2 heteroatoms. The molecule has 0 spiro atoms. The van der Waals surface area contributed by atoms with Gasteiger partial charge < -0.3 is 0 Å². The maximum Gasteiger partial charge on any atom is 0.159 e. The average Bonchev–Trinajstić information content (AvgIpc) is 2.66. The van der Waals surface area contributed by atoms with Crippen LogP contribution < -0.4 is 0 Å². The Morgan fingerprint density at radius 2 is 1.46 bits per heavy atom. The molecule has 3 aliphatic carbocycles. The lowest BCUT2D eigenvalue weighted by Gasteiger charge is -2.45. The highest BCUT2D eigenvalue weighted by atomic mass is 19.2. The third-order valence-electron chi connectivity index (χ3n) is 7.90. The summed E-state index contributed by atoms with van der Waals surface area (Å²) in [6.45, 7) is 2.30. The van der Waals surface area contributed by atoms with Crippen LogP contribution in [0.3, 0.4) is 0 Å². The molecule has 144 valence electrons. The zero-order valence-corrected chi connectivity index (χ0v) is 16.3. The van der Waals surface area contributed by atoms with Crippen LogP contribution in [0.4, 0.5) is 8.78 Å². The summed E-state index contributed by atoms with van der Waals surface area (Å²) in [5.41, 5.74) is 2.12. The molecule has 26 heavy (non-hydrogen) atoms. The lowest BCUT2D eigenvalue weighted by atomic mass is 9.61. The van der Waals surface area contributed by atoms with E-state index in [-0.39, 0.29) is 0 Å². The van der Waals surface area contributed by atoms with Gasteiger partial charge in [-0.1, -0.05) is 32.6 Å². The minimum absolute atomic E-state index is 0.668. The summed E-state index contributed by atoms with van der Waals surface area (Å²) in [5.74, 6) is 3.06. The summed E-state index contributed by atoms with van der Waals surface area (Å²) in [6.07, 6.45) is 15.8. The van der Waals surface area contributed by atoms with Crippen LogP contribution in [0.2, 0.25) is 0 Å². The summed E-state index contributed by atoms with van der Waals surface area (Å²) in [4.78, 5) is 0. The minimum Gasteiger partial charge on any atom is -0.204 e. The van der Waals surface area contributed by atoms with Crippen LogP contribution >= 0.6 is 0 Å². The lowest BCUT2D eigenvalue weighted by Crippen LogP contribution is -2.35. The van der Waals surface area contributed by atoms with Gasteiger partial charge in [-0.05, 0) is 104 Å². The zero-order valence-electron chi connectivity index (χ0n) is 16.3. The highest BCUT2D eigenvalue weighted by Crippen LogP contribution is 2.49. The first kappa shape index (κ1) is 18.4. The van der Waals surface area contributed by atoms with Gasteiger partial charge in [-0.25, -0.2) is 8.78 Å². The number of unbranched alkanes of at least 4 members (excludes halogenated alkanes) is 1. The van der Waals surface area contributed by atoms with Crippen LogP contribution in [0.25, 0.3) is 0 Å². The Labute approximate surface area is 157 Å². The quantitative estimate of drug-likeness (QED) is 0.537. The fourth-order valence-electron chi connectivity index (χ4n) is 6.39. The van der Waals surface area contributed by atoms with Crippen LogP contribution in [0.15, 0.2) is 12.1 Å². The largest absolute Gasteiger partial charge is 0.204 e. The molecule has 0 heterocycles. The van der Waals surface area contributed by atoms with Crippen molar-refractivity contribution in [2.24, 2.45) is 29.6 Å². The summed E-state index contributed by atoms with van der Waals surface area (Å²) in [5, 5.41) is 0. The molecule has 0 saturated heterocycles. The summed E-state index contributed by atoms with van der Waals surface area (Å²) >= 11 is 0. The molecule has 5 atom stereocenters. The van der Waals surface area contributed by atoms with Gasteiger partial charge in [0.2, 0.25) is 0 Å². The maximum absolute atomic E-state index is 13.6. The molecule has 0 amide bonds. The van der Waals surface area contributed by atoms with E-state index in [9.17, 15) is 8.78 Å². The van der Waals surface area contributed by atoms with Gasteiger partial charge >= 0.3 is 0 Å². The lowest BCUT2D eigenvalue weighted by molar-refractivity contribution is 0.0690. The molecule has 0 nitrogen and oxygen atoms in total. The van der Waals surface area contributed by atoms with Crippen molar-refractivity contribution in [3.8, 4) is 0 Å². The molecule has 5 unspecified atom stereocenters. The molecule has 0 aliphatic heterocycles. The van der Waals surface area contributed by atoms with Crippen molar-refractivity contribution >= 4 is 0 Å². The number of hydrogen-bond donors (Lipinski definition) is 0. The fraction of sp³-hybridized carbons (Fsp3) is 0.750. The Balaban J connectivity index is 1.35. The summed E-state index contributed by atoms with van der Waals surface area (Å²) in [6, 6.07) is 2.91. The van der Waals surface area contributed by atoms with Gasteiger partial charge in [0.1, 0.15) is 0 Å². The van der Waals surface area contributed by atoms with E-state index in [0.717, 1.165) is 47.6 Å². The van der Waals surface area contributed by atoms with Crippen LogP contribution in [-0.4, -0.2) is 0 Å². The molecular weight excluding hydrogens is 326 g/mol. The van der Waals surface area contributed by atoms with Crippen LogP contribution in [0.1, 0.15) is 82.3 Å². The van der Waals surface area contributed by atoms with E-state index in [0.29, 0.717) is 5.92 Å². The van der Waals surface area contributed by atoms with Crippen molar-refractivity contribution in [2.75, 3.05) is 0 Å². The number of fused-ring (bicyclic) bond motifs is 2. The van der Waals surface area contributed by atoms with Crippen molar-refractivity contribution in [1.29, 1.82) is 0 Å². The molecule has 2 fully saturated rings. The van der Waals surface area contributed by atoms with Gasteiger partial charge in [-0.3, -0.25) is 0 Å². The van der Waals surface area contributed by atoms with Gasteiger partial charge in [0.25, 0.3) is 0 Å². The zero-order chi connectivity index (χ0) is 18.1. The smallest absolute Gasteiger partial charge is 0.159 e. The Morgan fingerprint density at radius 1 is 0.808 bits per heavy atom. The van der Waals surface area contributed by atoms with Gasteiger partial charge in [0.15, 0.2) is 11.6 Å². The standard InChI is InChI=1S/C24H34F2/c1-2-3-4-16-5-6-18-12-19(8-7-17(18)11-16)20-9-10-21-14-23(25)24(26)15-22(21)13-20/h14-20H,2-13H2,1H3. The van der Waals surface area contributed by atoms with Gasteiger partial charge in [-0.15, -0.1) is 0 Å². The van der Waals surface area contributed by atoms with E-state index in [1.807, 2.05) is 0 Å². The molecule has 1 aromatic rings. The third-order valence-corrected chi connectivity index (χ3v) is 7.90. The molecule has 0 N–H and O–H groups in total. The van der Waals surface area contributed by atoms with Crippen molar-refractivity contribution in [1.82, 2.24) is 0 Å². The minimum atomic E-state index is -0.678. The molecule has 0 aromatic heterocycles. The van der Waals surface area contributed by atoms with Crippen molar-refractivity contribution in [3.05, 3.63) is 34.9 Å².